The van der Waals surface area contributed by atoms with Crippen molar-refractivity contribution in [3.63, 3.8) is 0 Å². The van der Waals surface area contributed by atoms with Crippen LogP contribution in [-0.4, -0.2) is 23.4 Å². The van der Waals surface area contributed by atoms with E-state index in [2.05, 4.69) is 25.1 Å². The van der Waals surface area contributed by atoms with Crippen LogP contribution in [0.25, 0.3) is 0 Å². The number of benzene rings is 1. The predicted octanol–water partition coefficient (Wildman–Crippen LogP) is 3.90. The molecular weight excluding hydrogens is 296 g/mol. The predicted molar refractivity (Wildman–Crippen MR) is 86.9 cm³/mol. The molecule has 1 N–H and O–H groups in total. The molecule has 1 radical (unpaired) electrons. The van der Waals surface area contributed by atoms with E-state index in [1.807, 2.05) is 6.07 Å². The van der Waals surface area contributed by atoms with Crippen LogP contribution in [-0.2, 0) is 11.2 Å². The van der Waals surface area contributed by atoms with Crippen molar-refractivity contribution in [2.45, 2.75) is 57.2 Å². The van der Waals surface area contributed by atoms with Gasteiger partial charge in [-0.25, -0.2) is 0 Å². The molecule has 1 aromatic rings. The van der Waals surface area contributed by atoms with Crippen molar-refractivity contribution in [2.24, 2.45) is 17.3 Å². The molecule has 0 amide bonds. The largest absolute Gasteiger partial charge is 0.393 e. The molecule has 0 bridgehead atoms. The minimum atomic E-state index is -0.189. The Morgan fingerprint density at radius 2 is 2.27 bits per heavy atom. The lowest BCUT2D eigenvalue weighted by molar-refractivity contribution is -0.0967. The summed E-state index contributed by atoms with van der Waals surface area (Å²) in [5.74, 6) is 1.65. The standard InChI is InChI=1S/C19H24ClO2/c1-19-10-16(22-11-20)18-13-5-3-2-4-12(13)6-7-14(18)15(19)8-9-17(19)21/h3-5,14-18,21H,6-11H2,1H3/t14-,15-,16-,17-,18+,19-/m0/s1. The molecule has 2 nitrogen and oxygen atoms in total. The number of hydrogen-bond acceptors (Lipinski definition) is 2. The Hall–Kier alpha value is -0.570. The van der Waals surface area contributed by atoms with E-state index in [0.717, 1.165) is 25.7 Å². The molecule has 22 heavy (non-hydrogen) atoms. The van der Waals surface area contributed by atoms with Gasteiger partial charge in [-0.3, -0.25) is 0 Å². The number of hydrogen-bond donors (Lipinski definition) is 1. The molecule has 0 spiro atoms. The fourth-order valence-corrected chi connectivity index (χ4v) is 5.88. The minimum Gasteiger partial charge on any atom is -0.393 e. The van der Waals surface area contributed by atoms with Crippen molar-refractivity contribution in [1.29, 1.82) is 0 Å². The van der Waals surface area contributed by atoms with Crippen molar-refractivity contribution in [1.82, 2.24) is 0 Å². The van der Waals surface area contributed by atoms with Crippen LogP contribution in [0.5, 0.6) is 0 Å². The van der Waals surface area contributed by atoms with Crippen molar-refractivity contribution in [3.05, 3.63) is 35.4 Å². The van der Waals surface area contributed by atoms with E-state index in [1.165, 1.54) is 17.5 Å². The van der Waals surface area contributed by atoms with Crippen LogP contribution in [0.3, 0.4) is 0 Å². The molecular formula is C19H24ClO2. The summed E-state index contributed by atoms with van der Waals surface area (Å²) in [5.41, 5.74) is 2.86. The molecule has 4 rings (SSSR count). The number of aliphatic hydroxyl groups is 1. The van der Waals surface area contributed by atoms with Crippen LogP contribution >= 0.6 is 11.6 Å². The number of aryl methyl sites for hydroxylation is 1. The Bertz CT molecular complexity index is 560. The highest BCUT2D eigenvalue weighted by atomic mass is 35.5. The zero-order valence-corrected chi connectivity index (χ0v) is 13.9. The Kier molecular flexibility index (Phi) is 3.75. The molecule has 2 fully saturated rings. The second-order valence-corrected chi connectivity index (χ2v) is 7.80. The van der Waals surface area contributed by atoms with Crippen LogP contribution in [0.15, 0.2) is 18.2 Å². The lowest BCUT2D eigenvalue weighted by Gasteiger charge is -2.53. The molecule has 0 aliphatic heterocycles. The average Bonchev–Trinajstić information content (AvgIpc) is 2.82. The molecule has 2 saturated carbocycles. The summed E-state index contributed by atoms with van der Waals surface area (Å²) < 4.78 is 5.97. The molecule has 0 heterocycles. The van der Waals surface area contributed by atoms with Crippen LogP contribution < -0.4 is 0 Å². The molecule has 0 saturated heterocycles. The number of aliphatic hydroxyl groups excluding tert-OH is 1. The van der Waals surface area contributed by atoms with Gasteiger partial charge in [-0.1, -0.05) is 36.7 Å². The Morgan fingerprint density at radius 1 is 1.41 bits per heavy atom. The first kappa shape index (κ1) is 15.0. The van der Waals surface area contributed by atoms with Crippen molar-refractivity contribution in [2.75, 3.05) is 6.07 Å². The molecule has 3 aliphatic carbocycles. The van der Waals surface area contributed by atoms with E-state index in [4.69, 9.17) is 16.3 Å². The number of halogens is 1. The van der Waals surface area contributed by atoms with E-state index >= 15 is 0 Å². The first-order chi connectivity index (χ1) is 10.6. The highest BCUT2D eigenvalue weighted by Gasteiger charge is 2.57. The molecule has 3 aliphatic rings. The molecule has 6 atom stereocenters. The van der Waals surface area contributed by atoms with Gasteiger partial charge in [0.1, 0.15) is 6.07 Å². The zero-order chi connectivity index (χ0) is 15.3. The van der Waals surface area contributed by atoms with E-state index in [0.29, 0.717) is 17.8 Å². The summed E-state index contributed by atoms with van der Waals surface area (Å²) in [5, 5.41) is 10.6. The maximum atomic E-state index is 10.6. The maximum Gasteiger partial charge on any atom is 0.121 e. The summed E-state index contributed by atoms with van der Waals surface area (Å²) in [6.45, 7) is 2.27. The second kappa shape index (κ2) is 5.51. The zero-order valence-electron chi connectivity index (χ0n) is 13.1. The summed E-state index contributed by atoms with van der Waals surface area (Å²) >= 11 is 5.93. The van der Waals surface area contributed by atoms with Crippen LogP contribution in [0, 0.1) is 23.3 Å². The van der Waals surface area contributed by atoms with E-state index in [1.54, 1.807) is 0 Å². The van der Waals surface area contributed by atoms with Gasteiger partial charge >= 0.3 is 0 Å². The monoisotopic (exact) mass is 319 g/mol. The fourth-order valence-electron chi connectivity index (χ4n) is 5.72. The number of ether oxygens (including phenoxy) is 1. The SMILES string of the molecule is C[C@]12C[C@H](OCCl)[C@@H]3c4cc[c]cc4CC[C@H]3[C@@H]1CC[C@@H]2O. The normalized spacial score (nSPS) is 43.3. The quantitative estimate of drug-likeness (QED) is 0.838. The minimum absolute atomic E-state index is 0.00367. The third kappa shape index (κ3) is 2.07. The fraction of sp³-hybridized carbons (Fsp3) is 0.684. The van der Waals surface area contributed by atoms with Gasteiger partial charge in [0.2, 0.25) is 0 Å². The Morgan fingerprint density at radius 3 is 3.09 bits per heavy atom. The number of rotatable bonds is 2. The summed E-state index contributed by atoms with van der Waals surface area (Å²) in [7, 11) is 0. The van der Waals surface area contributed by atoms with Gasteiger partial charge in [-0.2, -0.15) is 0 Å². The van der Waals surface area contributed by atoms with Crippen LogP contribution in [0.1, 0.15) is 49.7 Å². The van der Waals surface area contributed by atoms with Gasteiger partial charge in [0.25, 0.3) is 0 Å². The van der Waals surface area contributed by atoms with Crippen molar-refractivity contribution < 1.29 is 9.84 Å². The topological polar surface area (TPSA) is 29.5 Å². The third-order valence-electron chi connectivity index (χ3n) is 6.75. The lowest BCUT2D eigenvalue weighted by Crippen LogP contribution is -2.50. The highest BCUT2D eigenvalue weighted by Crippen LogP contribution is 2.61. The van der Waals surface area contributed by atoms with Crippen molar-refractivity contribution >= 4 is 11.6 Å². The first-order valence-electron chi connectivity index (χ1n) is 8.49. The Labute approximate surface area is 137 Å². The highest BCUT2D eigenvalue weighted by molar-refractivity contribution is 6.17. The summed E-state index contributed by atoms with van der Waals surface area (Å²) in [6.07, 6.45) is 5.27. The van der Waals surface area contributed by atoms with E-state index in [9.17, 15) is 5.11 Å². The molecule has 0 aromatic heterocycles. The van der Waals surface area contributed by atoms with Crippen LogP contribution in [0.4, 0.5) is 0 Å². The van der Waals surface area contributed by atoms with Gasteiger partial charge < -0.3 is 9.84 Å². The van der Waals surface area contributed by atoms with Gasteiger partial charge in [0.05, 0.1) is 12.2 Å². The second-order valence-electron chi connectivity index (χ2n) is 7.58. The Balaban J connectivity index is 1.77. The summed E-state index contributed by atoms with van der Waals surface area (Å²) in [4.78, 5) is 0. The van der Waals surface area contributed by atoms with Gasteiger partial charge in [0, 0.05) is 5.92 Å². The van der Waals surface area contributed by atoms with E-state index < -0.39 is 0 Å². The van der Waals surface area contributed by atoms with Crippen molar-refractivity contribution in [3.8, 4) is 0 Å². The number of alkyl halides is 1. The first-order valence-corrected chi connectivity index (χ1v) is 9.03. The molecule has 1 aromatic carbocycles. The van der Waals surface area contributed by atoms with Gasteiger partial charge in [0.15, 0.2) is 0 Å². The number of fused-ring (bicyclic) bond motifs is 5. The molecule has 0 unspecified atom stereocenters. The smallest absolute Gasteiger partial charge is 0.121 e. The molecule has 119 valence electrons. The van der Waals surface area contributed by atoms with Gasteiger partial charge in [-0.05, 0) is 66.5 Å². The van der Waals surface area contributed by atoms with Crippen LogP contribution in [0.2, 0.25) is 0 Å². The third-order valence-corrected chi connectivity index (χ3v) is 6.88. The van der Waals surface area contributed by atoms with Gasteiger partial charge in [-0.15, -0.1) is 0 Å². The lowest BCUT2D eigenvalue weighted by atomic mass is 9.54. The van der Waals surface area contributed by atoms with E-state index in [-0.39, 0.29) is 23.7 Å². The maximum absolute atomic E-state index is 10.6. The molecule has 3 heteroatoms. The average molecular weight is 320 g/mol. The summed E-state index contributed by atoms with van der Waals surface area (Å²) in [6, 6.07) is 9.84.